The van der Waals surface area contributed by atoms with Gasteiger partial charge < -0.3 is 4.90 Å². The fraction of sp³-hybridized carbons (Fsp3) is 0.444. The summed E-state index contributed by atoms with van der Waals surface area (Å²) >= 11 is 3.37. The van der Waals surface area contributed by atoms with E-state index in [-0.39, 0.29) is 12.5 Å². The van der Waals surface area contributed by atoms with Crippen molar-refractivity contribution in [2.24, 2.45) is 0 Å². The summed E-state index contributed by atoms with van der Waals surface area (Å²) in [5.74, 6) is -0.00702. The highest BCUT2D eigenvalue weighted by Crippen LogP contribution is 2.29. The number of alkyl halides is 3. The molecule has 2 heterocycles. The van der Waals surface area contributed by atoms with Gasteiger partial charge in [0.05, 0.1) is 21.9 Å². The van der Waals surface area contributed by atoms with Gasteiger partial charge in [0.2, 0.25) is 5.91 Å². The number of aromatic nitrogens is 2. The first-order valence-electron chi connectivity index (χ1n) is 8.58. The van der Waals surface area contributed by atoms with E-state index in [1.54, 1.807) is 21.8 Å². The second-order valence-corrected chi connectivity index (χ2v) is 7.44. The van der Waals surface area contributed by atoms with Crippen LogP contribution in [0.4, 0.5) is 13.2 Å². The zero-order chi connectivity index (χ0) is 19.6. The molecule has 2 aromatic rings. The SMILES string of the molecule is Cc1c(Br)cnn1CC(=O)N1CCN(Cc2cccc(C(F)(F)F)c2)CC1. The van der Waals surface area contributed by atoms with E-state index in [4.69, 9.17) is 0 Å². The van der Waals surface area contributed by atoms with Gasteiger partial charge in [0.1, 0.15) is 6.54 Å². The summed E-state index contributed by atoms with van der Waals surface area (Å²) in [6.07, 6.45) is -2.67. The van der Waals surface area contributed by atoms with Crippen LogP contribution in [0.3, 0.4) is 0 Å². The van der Waals surface area contributed by atoms with Gasteiger partial charge in [-0.05, 0) is 34.5 Å². The molecule has 1 fully saturated rings. The van der Waals surface area contributed by atoms with Crippen LogP contribution < -0.4 is 0 Å². The van der Waals surface area contributed by atoms with Crippen molar-refractivity contribution in [1.82, 2.24) is 19.6 Å². The maximum Gasteiger partial charge on any atom is 0.416 e. The predicted octanol–water partition coefficient (Wildman–Crippen LogP) is 3.32. The van der Waals surface area contributed by atoms with Crippen LogP contribution >= 0.6 is 15.9 Å². The van der Waals surface area contributed by atoms with Crippen LogP contribution in [-0.4, -0.2) is 51.7 Å². The van der Waals surface area contributed by atoms with Crippen molar-refractivity contribution in [3.8, 4) is 0 Å². The lowest BCUT2D eigenvalue weighted by atomic mass is 10.1. The van der Waals surface area contributed by atoms with E-state index in [2.05, 4.69) is 25.9 Å². The van der Waals surface area contributed by atoms with E-state index >= 15 is 0 Å². The topological polar surface area (TPSA) is 41.4 Å². The Morgan fingerprint density at radius 3 is 2.52 bits per heavy atom. The maximum absolute atomic E-state index is 12.8. The number of carbonyl (C=O) groups excluding carboxylic acids is 1. The number of nitrogens with zero attached hydrogens (tertiary/aromatic N) is 4. The van der Waals surface area contributed by atoms with Crippen molar-refractivity contribution in [3.63, 3.8) is 0 Å². The molecule has 0 unspecified atom stereocenters. The van der Waals surface area contributed by atoms with Gasteiger partial charge in [0, 0.05) is 32.7 Å². The molecular formula is C18H20BrF3N4O. The Labute approximate surface area is 163 Å². The van der Waals surface area contributed by atoms with Crippen molar-refractivity contribution in [2.75, 3.05) is 26.2 Å². The average molecular weight is 445 g/mol. The third-order valence-electron chi connectivity index (χ3n) is 4.71. The lowest BCUT2D eigenvalue weighted by Crippen LogP contribution is -2.49. The largest absolute Gasteiger partial charge is 0.416 e. The van der Waals surface area contributed by atoms with E-state index < -0.39 is 11.7 Å². The molecule has 1 saturated heterocycles. The first-order chi connectivity index (χ1) is 12.7. The van der Waals surface area contributed by atoms with Crippen LogP contribution in [0.2, 0.25) is 0 Å². The molecular weight excluding hydrogens is 425 g/mol. The second kappa shape index (κ2) is 8.02. The minimum Gasteiger partial charge on any atom is -0.339 e. The summed E-state index contributed by atoms with van der Waals surface area (Å²) in [7, 11) is 0. The van der Waals surface area contributed by atoms with Gasteiger partial charge in [-0.25, -0.2) is 0 Å². The molecule has 0 bridgehead atoms. The molecule has 9 heteroatoms. The van der Waals surface area contributed by atoms with Crippen molar-refractivity contribution < 1.29 is 18.0 Å². The summed E-state index contributed by atoms with van der Waals surface area (Å²) in [4.78, 5) is 16.3. The summed E-state index contributed by atoms with van der Waals surface area (Å²) < 4.78 is 41.0. The van der Waals surface area contributed by atoms with Gasteiger partial charge in [0.25, 0.3) is 0 Å². The zero-order valence-electron chi connectivity index (χ0n) is 14.8. The Morgan fingerprint density at radius 2 is 1.93 bits per heavy atom. The van der Waals surface area contributed by atoms with E-state index in [1.165, 1.54) is 12.1 Å². The average Bonchev–Trinajstić information content (AvgIpc) is 2.94. The summed E-state index contributed by atoms with van der Waals surface area (Å²) in [6.45, 7) is 4.88. The molecule has 1 aromatic carbocycles. The summed E-state index contributed by atoms with van der Waals surface area (Å²) in [6, 6.07) is 5.40. The smallest absolute Gasteiger partial charge is 0.339 e. The molecule has 5 nitrogen and oxygen atoms in total. The monoisotopic (exact) mass is 444 g/mol. The molecule has 27 heavy (non-hydrogen) atoms. The molecule has 0 spiro atoms. The van der Waals surface area contributed by atoms with Crippen molar-refractivity contribution in [3.05, 3.63) is 51.8 Å². The van der Waals surface area contributed by atoms with Gasteiger partial charge in [-0.15, -0.1) is 0 Å². The third kappa shape index (κ3) is 4.90. The highest BCUT2D eigenvalue weighted by molar-refractivity contribution is 9.10. The number of amides is 1. The number of halogens is 4. The molecule has 146 valence electrons. The Hall–Kier alpha value is -1.87. The fourth-order valence-electron chi connectivity index (χ4n) is 3.07. The lowest BCUT2D eigenvalue weighted by molar-refractivity contribution is -0.137. The Kier molecular flexibility index (Phi) is 5.90. The van der Waals surface area contributed by atoms with Crippen LogP contribution in [-0.2, 0) is 24.1 Å². The predicted molar refractivity (Wildman–Crippen MR) is 98.0 cm³/mol. The molecule has 1 aromatic heterocycles. The summed E-state index contributed by atoms with van der Waals surface area (Å²) in [5, 5.41) is 4.17. The highest BCUT2D eigenvalue weighted by Gasteiger charge is 2.30. The van der Waals surface area contributed by atoms with Crippen LogP contribution in [0, 0.1) is 6.92 Å². The van der Waals surface area contributed by atoms with Crippen LogP contribution in [0.1, 0.15) is 16.8 Å². The number of rotatable bonds is 4. The van der Waals surface area contributed by atoms with Gasteiger partial charge in [-0.3, -0.25) is 14.4 Å². The highest BCUT2D eigenvalue weighted by atomic mass is 79.9. The molecule has 0 saturated carbocycles. The minimum atomic E-state index is -4.33. The molecule has 0 aliphatic carbocycles. The first-order valence-corrected chi connectivity index (χ1v) is 9.37. The fourth-order valence-corrected chi connectivity index (χ4v) is 3.37. The van der Waals surface area contributed by atoms with Crippen molar-refractivity contribution in [1.29, 1.82) is 0 Å². The Balaban J connectivity index is 1.53. The van der Waals surface area contributed by atoms with Gasteiger partial charge in [-0.2, -0.15) is 18.3 Å². The second-order valence-electron chi connectivity index (χ2n) is 6.59. The van der Waals surface area contributed by atoms with Crippen molar-refractivity contribution in [2.45, 2.75) is 26.2 Å². The molecule has 0 N–H and O–H groups in total. The van der Waals surface area contributed by atoms with Crippen molar-refractivity contribution >= 4 is 21.8 Å². The first kappa shape index (κ1) is 19.9. The minimum absolute atomic E-state index is 0.00702. The van der Waals surface area contributed by atoms with Crippen LogP contribution in [0.5, 0.6) is 0 Å². The lowest BCUT2D eigenvalue weighted by Gasteiger charge is -2.35. The number of hydrogen-bond acceptors (Lipinski definition) is 3. The molecule has 0 atom stereocenters. The molecule has 0 radical (unpaired) electrons. The van der Waals surface area contributed by atoms with Gasteiger partial charge >= 0.3 is 6.18 Å². The van der Waals surface area contributed by atoms with E-state index in [0.29, 0.717) is 38.3 Å². The molecule has 1 aliphatic heterocycles. The normalized spacial score (nSPS) is 16.0. The molecule has 1 aliphatic rings. The molecule has 3 rings (SSSR count). The Bertz CT molecular complexity index is 813. The Morgan fingerprint density at radius 1 is 1.22 bits per heavy atom. The number of carbonyl (C=O) groups is 1. The standard InChI is InChI=1S/C18H20BrF3N4O/c1-13-16(19)10-23-26(13)12-17(27)25-7-5-24(6-8-25)11-14-3-2-4-15(9-14)18(20,21)22/h2-4,9-10H,5-8,11-12H2,1H3. The van der Waals surface area contributed by atoms with E-state index in [1.807, 2.05) is 6.92 Å². The number of hydrogen-bond donors (Lipinski definition) is 0. The summed E-state index contributed by atoms with van der Waals surface area (Å²) in [5.41, 5.74) is 0.891. The van der Waals surface area contributed by atoms with Gasteiger partial charge in [-0.1, -0.05) is 18.2 Å². The third-order valence-corrected chi connectivity index (χ3v) is 5.49. The van der Waals surface area contributed by atoms with Crippen LogP contribution in [0.25, 0.3) is 0 Å². The molecule has 1 amide bonds. The van der Waals surface area contributed by atoms with E-state index in [9.17, 15) is 18.0 Å². The maximum atomic E-state index is 12.8. The number of benzene rings is 1. The number of piperazine rings is 1. The van der Waals surface area contributed by atoms with Gasteiger partial charge in [0.15, 0.2) is 0 Å². The van der Waals surface area contributed by atoms with E-state index in [0.717, 1.165) is 16.2 Å². The quantitative estimate of drug-likeness (QED) is 0.726. The van der Waals surface area contributed by atoms with Crippen LogP contribution in [0.15, 0.2) is 34.9 Å². The zero-order valence-corrected chi connectivity index (χ0v) is 16.4.